The number of carbonyl (C=O) groups is 1. The van der Waals surface area contributed by atoms with Crippen LogP contribution in [0.1, 0.15) is 29.0 Å². The average Bonchev–Trinajstić information content (AvgIpc) is 2.88. The van der Waals surface area contributed by atoms with E-state index in [1.54, 1.807) is 17.1 Å². The molecule has 20 heavy (non-hydrogen) atoms. The first-order chi connectivity index (χ1) is 9.60. The molecule has 1 aromatic carbocycles. The van der Waals surface area contributed by atoms with Crippen LogP contribution in [-0.2, 0) is 6.54 Å². The number of hydrogen-bond acceptors (Lipinski definition) is 3. The van der Waals surface area contributed by atoms with Crippen LogP contribution in [0.25, 0.3) is 0 Å². The van der Waals surface area contributed by atoms with Crippen LogP contribution < -0.4 is 11.1 Å². The Kier molecular flexibility index (Phi) is 4.92. The van der Waals surface area contributed by atoms with Gasteiger partial charge in [-0.3, -0.25) is 4.79 Å². The lowest BCUT2D eigenvalue weighted by Gasteiger charge is -2.13. The maximum Gasteiger partial charge on any atom is 0.271 e. The van der Waals surface area contributed by atoms with Gasteiger partial charge in [0.05, 0.1) is 12.4 Å². The number of benzene rings is 1. The molecule has 0 bridgehead atoms. The van der Waals surface area contributed by atoms with Gasteiger partial charge < -0.3 is 15.6 Å². The van der Waals surface area contributed by atoms with Gasteiger partial charge >= 0.3 is 0 Å². The fourth-order valence-electron chi connectivity index (χ4n) is 1.85. The third-order valence-corrected chi connectivity index (χ3v) is 3.50. The molecule has 1 heterocycles. The van der Waals surface area contributed by atoms with Gasteiger partial charge in [-0.15, -0.1) is 0 Å². The van der Waals surface area contributed by atoms with Crippen molar-refractivity contribution in [3.05, 3.63) is 52.5 Å². The summed E-state index contributed by atoms with van der Waals surface area (Å²) < 4.78 is 2.82. The summed E-state index contributed by atoms with van der Waals surface area (Å²) in [6.07, 6.45) is 3.32. The second-order valence-electron chi connectivity index (χ2n) is 4.53. The van der Waals surface area contributed by atoms with E-state index >= 15 is 0 Å². The maximum atomic E-state index is 12.1. The van der Waals surface area contributed by atoms with E-state index in [1.807, 2.05) is 31.2 Å². The third-order valence-electron chi connectivity index (χ3n) is 2.97. The highest BCUT2D eigenvalue weighted by atomic mass is 79.9. The minimum atomic E-state index is -0.184. The highest BCUT2D eigenvalue weighted by Gasteiger charge is 2.13. The minimum absolute atomic E-state index is 0.0738. The Morgan fingerprint density at radius 1 is 1.45 bits per heavy atom. The molecular weight excluding hydrogens is 320 g/mol. The first-order valence-electron chi connectivity index (χ1n) is 6.38. The van der Waals surface area contributed by atoms with Gasteiger partial charge in [-0.25, -0.2) is 4.98 Å². The number of halogens is 1. The monoisotopic (exact) mass is 336 g/mol. The number of rotatable bonds is 5. The van der Waals surface area contributed by atoms with Crippen LogP contribution in [0.4, 0.5) is 0 Å². The predicted octanol–water partition coefficient (Wildman–Crippen LogP) is 2.10. The van der Waals surface area contributed by atoms with Gasteiger partial charge in [0.2, 0.25) is 0 Å². The zero-order valence-corrected chi connectivity index (χ0v) is 12.8. The van der Waals surface area contributed by atoms with E-state index in [-0.39, 0.29) is 11.9 Å². The molecule has 0 saturated heterocycles. The van der Waals surface area contributed by atoms with Crippen molar-refractivity contribution in [1.82, 2.24) is 14.9 Å². The van der Waals surface area contributed by atoms with E-state index in [2.05, 4.69) is 26.2 Å². The maximum absolute atomic E-state index is 12.1. The topological polar surface area (TPSA) is 72.9 Å². The molecule has 3 N–H and O–H groups in total. The molecule has 0 unspecified atom stereocenters. The number of nitrogens with two attached hydrogens (primary N) is 1. The van der Waals surface area contributed by atoms with Gasteiger partial charge in [0.15, 0.2) is 0 Å². The van der Waals surface area contributed by atoms with Crippen LogP contribution in [0.2, 0.25) is 0 Å². The average molecular weight is 337 g/mol. The summed E-state index contributed by atoms with van der Waals surface area (Å²) in [6.45, 7) is 3.12. The lowest BCUT2D eigenvalue weighted by atomic mass is 10.1. The quantitative estimate of drug-likeness (QED) is 0.878. The Hall–Kier alpha value is -1.66. The normalized spacial score (nSPS) is 12.2. The molecule has 2 rings (SSSR count). The molecule has 0 saturated carbocycles. The highest BCUT2D eigenvalue weighted by molar-refractivity contribution is 9.10. The van der Waals surface area contributed by atoms with E-state index in [0.29, 0.717) is 18.8 Å². The smallest absolute Gasteiger partial charge is 0.271 e. The molecule has 2 aromatic rings. The number of nitrogens with one attached hydrogen (secondary N) is 1. The molecule has 0 aliphatic rings. The van der Waals surface area contributed by atoms with E-state index in [0.717, 1.165) is 10.0 Å². The molecular formula is C14H17BrN4O. The first-order valence-corrected chi connectivity index (χ1v) is 7.17. The zero-order chi connectivity index (χ0) is 14.5. The Morgan fingerprint density at radius 3 is 2.80 bits per heavy atom. The van der Waals surface area contributed by atoms with Crippen molar-refractivity contribution in [3.63, 3.8) is 0 Å². The van der Waals surface area contributed by atoms with Crippen LogP contribution >= 0.6 is 15.9 Å². The second kappa shape index (κ2) is 6.67. The van der Waals surface area contributed by atoms with Crippen molar-refractivity contribution in [2.24, 2.45) is 5.73 Å². The molecule has 0 fully saturated rings. The van der Waals surface area contributed by atoms with Gasteiger partial charge in [-0.2, -0.15) is 0 Å². The highest BCUT2D eigenvalue weighted by Crippen LogP contribution is 2.16. The molecule has 1 atom stereocenters. The van der Waals surface area contributed by atoms with Crippen LogP contribution in [0, 0.1) is 0 Å². The molecule has 6 heteroatoms. The van der Waals surface area contributed by atoms with Crippen molar-refractivity contribution in [3.8, 4) is 0 Å². The summed E-state index contributed by atoms with van der Waals surface area (Å²) in [5, 5.41) is 2.93. The summed E-state index contributed by atoms with van der Waals surface area (Å²) in [7, 11) is 0. The fraction of sp³-hybridized carbons (Fsp3) is 0.286. The summed E-state index contributed by atoms with van der Waals surface area (Å²) in [5.41, 5.74) is 6.91. The van der Waals surface area contributed by atoms with Gasteiger partial charge in [0, 0.05) is 23.8 Å². The second-order valence-corrected chi connectivity index (χ2v) is 5.45. The number of amides is 1. The minimum Gasteiger partial charge on any atom is -0.344 e. The van der Waals surface area contributed by atoms with Gasteiger partial charge in [-0.1, -0.05) is 28.1 Å². The van der Waals surface area contributed by atoms with Crippen LogP contribution in [-0.4, -0.2) is 22.0 Å². The molecule has 1 aromatic heterocycles. The van der Waals surface area contributed by atoms with Gasteiger partial charge in [-0.05, 0) is 24.6 Å². The molecule has 1 amide bonds. The number of hydrogen-bond donors (Lipinski definition) is 2. The first kappa shape index (κ1) is 14.7. The molecule has 106 valence electrons. The Morgan fingerprint density at radius 2 is 2.15 bits per heavy atom. The zero-order valence-electron chi connectivity index (χ0n) is 11.2. The Balaban J connectivity index is 2.01. The summed E-state index contributed by atoms with van der Waals surface area (Å²) in [4.78, 5) is 16.2. The summed E-state index contributed by atoms with van der Waals surface area (Å²) in [6, 6.07) is 7.78. The molecule has 0 aliphatic heterocycles. The standard InChI is InChI=1S/C14H17BrN4O/c1-10(11-2-4-12(15)5-3-11)18-14(20)13-8-19(7-6-16)9-17-13/h2-5,8-10H,6-7,16H2,1H3,(H,18,20)/t10-/m1/s1. The van der Waals surface area contributed by atoms with Crippen molar-refractivity contribution < 1.29 is 4.79 Å². The number of nitrogens with zero attached hydrogens (tertiary/aromatic N) is 2. The molecule has 0 aliphatic carbocycles. The SMILES string of the molecule is C[C@@H](NC(=O)c1cn(CCN)cn1)c1ccc(Br)cc1. The van der Waals surface area contributed by atoms with Crippen molar-refractivity contribution >= 4 is 21.8 Å². The Bertz CT molecular complexity index is 579. The number of aromatic nitrogens is 2. The van der Waals surface area contributed by atoms with Crippen molar-refractivity contribution in [2.45, 2.75) is 19.5 Å². The van der Waals surface area contributed by atoms with Gasteiger partial charge in [0.1, 0.15) is 5.69 Å². The summed E-state index contributed by atoms with van der Waals surface area (Å²) >= 11 is 3.39. The Labute approximate surface area is 126 Å². The fourth-order valence-corrected chi connectivity index (χ4v) is 2.12. The van der Waals surface area contributed by atoms with E-state index < -0.39 is 0 Å². The van der Waals surface area contributed by atoms with Crippen LogP contribution in [0.5, 0.6) is 0 Å². The summed E-state index contributed by atoms with van der Waals surface area (Å²) in [5.74, 6) is -0.184. The van der Waals surface area contributed by atoms with Crippen molar-refractivity contribution in [1.29, 1.82) is 0 Å². The van der Waals surface area contributed by atoms with E-state index in [1.165, 1.54) is 0 Å². The molecule has 0 radical (unpaired) electrons. The van der Waals surface area contributed by atoms with Crippen LogP contribution in [0.3, 0.4) is 0 Å². The number of imidazole rings is 1. The van der Waals surface area contributed by atoms with E-state index in [4.69, 9.17) is 5.73 Å². The lowest BCUT2D eigenvalue weighted by Crippen LogP contribution is -2.26. The number of carbonyl (C=O) groups excluding carboxylic acids is 1. The predicted molar refractivity (Wildman–Crippen MR) is 81.3 cm³/mol. The molecule has 0 spiro atoms. The third kappa shape index (κ3) is 3.68. The van der Waals surface area contributed by atoms with E-state index in [9.17, 15) is 4.79 Å². The lowest BCUT2D eigenvalue weighted by molar-refractivity contribution is 0.0935. The van der Waals surface area contributed by atoms with Crippen molar-refractivity contribution in [2.75, 3.05) is 6.54 Å². The molecule has 5 nitrogen and oxygen atoms in total. The van der Waals surface area contributed by atoms with Gasteiger partial charge in [0.25, 0.3) is 5.91 Å². The van der Waals surface area contributed by atoms with Crippen LogP contribution in [0.15, 0.2) is 41.3 Å². The largest absolute Gasteiger partial charge is 0.344 e.